The summed E-state index contributed by atoms with van der Waals surface area (Å²) < 4.78 is 2.14. The molecule has 2 rings (SSSR count). The summed E-state index contributed by atoms with van der Waals surface area (Å²) in [6.07, 6.45) is 5.41. The van der Waals surface area contributed by atoms with Gasteiger partial charge in [0.2, 0.25) is 0 Å². The van der Waals surface area contributed by atoms with E-state index in [0.717, 1.165) is 28.5 Å². The van der Waals surface area contributed by atoms with E-state index in [-0.39, 0.29) is 0 Å². The van der Waals surface area contributed by atoms with E-state index in [9.17, 15) is 0 Å². The lowest BCUT2D eigenvalue weighted by Gasteiger charge is -2.09. The van der Waals surface area contributed by atoms with Crippen molar-refractivity contribution in [1.29, 1.82) is 0 Å². The average Bonchev–Trinajstić information content (AvgIpc) is 2.56. The molecule has 2 heterocycles. The van der Waals surface area contributed by atoms with Crippen molar-refractivity contribution in [3.63, 3.8) is 0 Å². The fourth-order valence-electron chi connectivity index (χ4n) is 1.80. The molecule has 2 nitrogen and oxygen atoms in total. The third kappa shape index (κ3) is 1.89. The highest BCUT2D eigenvalue weighted by Crippen LogP contribution is 2.30. The van der Waals surface area contributed by atoms with Gasteiger partial charge in [0.05, 0.1) is 10.7 Å². The molecule has 0 aromatic carbocycles. The highest BCUT2D eigenvalue weighted by molar-refractivity contribution is 6.33. The van der Waals surface area contributed by atoms with Crippen LogP contribution in [0.1, 0.15) is 5.69 Å². The zero-order chi connectivity index (χ0) is 11.5. The van der Waals surface area contributed by atoms with Crippen LogP contribution in [0, 0.1) is 6.92 Å². The first-order valence-electron chi connectivity index (χ1n) is 5.11. The number of hydrogen-bond donors (Lipinski definition) is 0. The van der Waals surface area contributed by atoms with Crippen LogP contribution in [0.3, 0.4) is 0 Å². The molecule has 0 aliphatic rings. The van der Waals surface area contributed by atoms with E-state index >= 15 is 0 Å². The molecule has 0 fully saturated rings. The van der Waals surface area contributed by atoms with Crippen LogP contribution in [-0.2, 0) is 6.54 Å². The molecule has 16 heavy (non-hydrogen) atoms. The summed E-state index contributed by atoms with van der Waals surface area (Å²) in [6.45, 7) is 6.57. The van der Waals surface area contributed by atoms with E-state index in [2.05, 4.69) is 16.1 Å². The maximum atomic E-state index is 6.24. The number of pyridine rings is 1. The van der Waals surface area contributed by atoms with Crippen LogP contribution in [0.25, 0.3) is 11.3 Å². The Balaban J connectivity index is 2.59. The van der Waals surface area contributed by atoms with Crippen LogP contribution >= 0.6 is 11.6 Å². The lowest BCUT2D eigenvalue weighted by molar-refractivity contribution is 0.807. The number of aryl methyl sites for hydroxylation is 1. The SMILES string of the molecule is C=CCn1c(C)cc(Cl)c1-c1ccncc1. The average molecular weight is 233 g/mol. The molecule has 0 unspecified atom stereocenters. The molecule has 0 aliphatic carbocycles. The third-order valence-electron chi connectivity index (χ3n) is 2.52. The Morgan fingerprint density at radius 3 is 2.75 bits per heavy atom. The molecule has 0 atom stereocenters. The van der Waals surface area contributed by atoms with Gasteiger partial charge in [0, 0.05) is 30.2 Å². The van der Waals surface area contributed by atoms with Gasteiger partial charge in [-0.2, -0.15) is 0 Å². The summed E-state index contributed by atoms with van der Waals surface area (Å²) in [5, 5.41) is 0.769. The zero-order valence-electron chi connectivity index (χ0n) is 9.15. The number of halogens is 1. The first-order chi connectivity index (χ1) is 7.74. The van der Waals surface area contributed by atoms with Gasteiger partial charge in [-0.05, 0) is 25.1 Å². The number of allylic oxidation sites excluding steroid dienone is 1. The van der Waals surface area contributed by atoms with Crippen LogP contribution in [0.15, 0.2) is 43.2 Å². The fourth-order valence-corrected chi connectivity index (χ4v) is 2.17. The van der Waals surface area contributed by atoms with Crippen molar-refractivity contribution >= 4 is 11.6 Å². The third-order valence-corrected chi connectivity index (χ3v) is 2.81. The summed E-state index contributed by atoms with van der Waals surface area (Å²) in [6, 6.07) is 5.89. The van der Waals surface area contributed by atoms with E-state index in [1.165, 1.54) is 0 Å². The lowest BCUT2D eigenvalue weighted by atomic mass is 10.2. The number of rotatable bonds is 3. The largest absolute Gasteiger partial charge is 0.340 e. The Kier molecular flexibility index (Phi) is 3.11. The fraction of sp³-hybridized carbons (Fsp3) is 0.154. The number of aromatic nitrogens is 2. The molecule has 0 saturated heterocycles. The van der Waals surface area contributed by atoms with Gasteiger partial charge in [0.1, 0.15) is 0 Å². The second kappa shape index (κ2) is 4.54. The van der Waals surface area contributed by atoms with Crippen molar-refractivity contribution in [2.45, 2.75) is 13.5 Å². The van der Waals surface area contributed by atoms with Gasteiger partial charge in [-0.25, -0.2) is 0 Å². The first-order valence-corrected chi connectivity index (χ1v) is 5.48. The molecule has 0 amide bonds. The second-order valence-electron chi connectivity index (χ2n) is 3.62. The van der Waals surface area contributed by atoms with E-state index in [1.807, 2.05) is 31.2 Å². The van der Waals surface area contributed by atoms with Gasteiger partial charge < -0.3 is 4.57 Å². The number of nitrogens with zero attached hydrogens (tertiary/aromatic N) is 2. The van der Waals surface area contributed by atoms with Crippen molar-refractivity contribution in [3.05, 3.63) is 54.0 Å². The lowest BCUT2D eigenvalue weighted by Crippen LogP contribution is -1.99. The van der Waals surface area contributed by atoms with E-state index < -0.39 is 0 Å². The number of hydrogen-bond acceptors (Lipinski definition) is 1. The van der Waals surface area contributed by atoms with Gasteiger partial charge >= 0.3 is 0 Å². The minimum absolute atomic E-state index is 0.760. The van der Waals surface area contributed by atoms with E-state index in [0.29, 0.717) is 0 Å². The molecule has 0 saturated carbocycles. The monoisotopic (exact) mass is 232 g/mol. The molecule has 0 N–H and O–H groups in total. The van der Waals surface area contributed by atoms with Gasteiger partial charge in [0.15, 0.2) is 0 Å². The summed E-state index contributed by atoms with van der Waals surface area (Å²) in [5.41, 5.74) is 3.24. The quantitative estimate of drug-likeness (QED) is 0.738. The molecule has 2 aromatic rings. The highest BCUT2D eigenvalue weighted by atomic mass is 35.5. The van der Waals surface area contributed by atoms with Crippen LogP contribution in [-0.4, -0.2) is 9.55 Å². The Morgan fingerprint density at radius 1 is 1.44 bits per heavy atom. The Bertz CT molecular complexity index is 500. The molecular formula is C13H13ClN2. The van der Waals surface area contributed by atoms with Crippen LogP contribution in [0.5, 0.6) is 0 Å². The standard InChI is InChI=1S/C13H13ClN2/c1-3-8-16-10(2)9-12(14)13(16)11-4-6-15-7-5-11/h3-7,9H,1,8H2,2H3. The van der Waals surface area contributed by atoms with Gasteiger partial charge in [-0.15, -0.1) is 6.58 Å². The molecule has 0 spiro atoms. The van der Waals surface area contributed by atoms with Crippen molar-refractivity contribution < 1.29 is 0 Å². The smallest absolute Gasteiger partial charge is 0.0675 e. The summed E-state index contributed by atoms with van der Waals surface area (Å²) in [4.78, 5) is 4.01. The maximum absolute atomic E-state index is 6.24. The van der Waals surface area contributed by atoms with Gasteiger partial charge in [-0.3, -0.25) is 4.98 Å². The van der Waals surface area contributed by atoms with Crippen molar-refractivity contribution in [2.75, 3.05) is 0 Å². The zero-order valence-corrected chi connectivity index (χ0v) is 9.91. The molecule has 2 aromatic heterocycles. The van der Waals surface area contributed by atoms with Crippen molar-refractivity contribution in [3.8, 4) is 11.3 Å². The van der Waals surface area contributed by atoms with Gasteiger partial charge in [-0.1, -0.05) is 17.7 Å². The molecular weight excluding hydrogens is 220 g/mol. The molecule has 0 aliphatic heterocycles. The Hall–Kier alpha value is -1.54. The summed E-state index contributed by atoms with van der Waals surface area (Å²) >= 11 is 6.24. The second-order valence-corrected chi connectivity index (χ2v) is 4.02. The topological polar surface area (TPSA) is 17.8 Å². The Labute approximate surface area is 100 Å². The predicted molar refractivity (Wildman–Crippen MR) is 67.6 cm³/mol. The molecule has 82 valence electrons. The predicted octanol–water partition coefficient (Wildman–Crippen LogP) is 3.70. The Morgan fingerprint density at radius 2 is 2.12 bits per heavy atom. The minimum Gasteiger partial charge on any atom is -0.340 e. The van der Waals surface area contributed by atoms with E-state index in [1.54, 1.807) is 12.4 Å². The normalized spacial score (nSPS) is 10.4. The molecule has 3 heteroatoms. The van der Waals surface area contributed by atoms with Gasteiger partial charge in [0.25, 0.3) is 0 Å². The van der Waals surface area contributed by atoms with Crippen LogP contribution in [0.4, 0.5) is 0 Å². The van der Waals surface area contributed by atoms with Crippen molar-refractivity contribution in [2.24, 2.45) is 0 Å². The molecule has 0 bridgehead atoms. The first kappa shape index (κ1) is 11.0. The maximum Gasteiger partial charge on any atom is 0.0675 e. The van der Waals surface area contributed by atoms with Crippen LogP contribution < -0.4 is 0 Å². The molecule has 0 radical (unpaired) electrons. The van der Waals surface area contributed by atoms with Crippen LogP contribution in [0.2, 0.25) is 5.02 Å². The minimum atomic E-state index is 0.760. The summed E-state index contributed by atoms with van der Waals surface area (Å²) in [7, 11) is 0. The highest BCUT2D eigenvalue weighted by Gasteiger charge is 2.11. The summed E-state index contributed by atoms with van der Waals surface area (Å²) in [5.74, 6) is 0. The van der Waals surface area contributed by atoms with Crippen molar-refractivity contribution in [1.82, 2.24) is 9.55 Å². The van der Waals surface area contributed by atoms with E-state index in [4.69, 9.17) is 11.6 Å².